The zero-order chi connectivity index (χ0) is 18.4. The van der Waals surface area contributed by atoms with Crippen molar-refractivity contribution < 1.29 is 14.8 Å². The third-order valence-corrected chi connectivity index (χ3v) is 4.58. The Morgan fingerprint density at radius 2 is 2.20 bits per heavy atom. The lowest BCUT2D eigenvalue weighted by Crippen LogP contribution is -2.49. The van der Waals surface area contributed by atoms with Crippen molar-refractivity contribution in [1.82, 2.24) is 9.99 Å². The molecule has 1 heterocycles. The van der Waals surface area contributed by atoms with E-state index in [1.165, 1.54) is 31.8 Å². The van der Waals surface area contributed by atoms with Gasteiger partial charge in [0.2, 0.25) is 5.82 Å². The van der Waals surface area contributed by atoms with Crippen molar-refractivity contribution in [2.24, 2.45) is 11.7 Å². The second-order valence-corrected chi connectivity index (χ2v) is 6.49. The molecule has 9 nitrogen and oxygen atoms in total. The highest BCUT2D eigenvalue weighted by atomic mass is 16.6. The van der Waals surface area contributed by atoms with Crippen LogP contribution in [0.2, 0.25) is 0 Å². The summed E-state index contributed by atoms with van der Waals surface area (Å²) < 4.78 is 0. The number of aromatic nitrogens is 1. The second kappa shape index (κ2) is 8.72. The average molecular weight is 351 g/mol. The minimum absolute atomic E-state index is 0.0728. The van der Waals surface area contributed by atoms with Crippen LogP contribution in [0.15, 0.2) is 18.3 Å². The van der Waals surface area contributed by atoms with Gasteiger partial charge in [0.05, 0.1) is 4.92 Å². The summed E-state index contributed by atoms with van der Waals surface area (Å²) in [4.78, 5) is 26.6. The molecule has 1 aliphatic carbocycles. The van der Waals surface area contributed by atoms with E-state index in [1.807, 2.05) is 0 Å². The van der Waals surface area contributed by atoms with Crippen molar-refractivity contribution in [3.8, 4) is 0 Å². The van der Waals surface area contributed by atoms with E-state index < -0.39 is 23.0 Å². The maximum Gasteiger partial charge on any atom is 0.313 e. The van der Waals surface area contributed by atoms with Crippen molar-refractivity contribution in [1.29, 1.82) is 0 Å². The van der Waals surface area contributed by atoms with E-state index >= 15 is 0 Å². The summed E-state index contributed by atoms with van der Waals surface area (Å²) in [6, 6.07) is 2.04. The summed E-state index contributed by atoms with van der Waals surface area (Å²) in [5.74, 6) is -0.291. The first-order valence-corrected chi connectivity index (χ1v) is 8.47. The molecule has 2 rings (SSSR count). The van der Waals surface area contributed by atoms with E-state index in [0.29, 0.717) is 12.3 Å². The van der Waals surface area contributed by atoms with Gasteiger partial charge in [-0.2, -0.15) is 0 Å². The molecule has 1 aliphatic rings. The Morgan fingerprint density at radius 3 is 2.84 bits per heavy atom. The SMILES string of the molecule is CN(Nc1ncccc1[N+](=O)[O-])C(=O)C(O)[C@H](N)CC1CCCCC1. The molecule has 0 saturated heterocycles. The fraction of sp³-hybridized carbons (Fsp3) is 0.625. The van der Waals surface area contributed by atoms with Crippen molar-refractivity contribution >= 4 is 17.4 Å². The summed E-state index contributed by atoms with van der Waals surface area (Å²) in [5, 5.41) is 22.2. The molecule has 9 heteroatoms. The molecule has 2 atom stereocenters. The Bertz CT molecular complexity index is 606. The standard InChI is InChI=1S/C16H25N5O4/c1-20(19-15-13(21(24)25)8-5-9-18-15)16(23)14(22)12(17)10-11-6-3-2-4-7-11/h5,8-9,11-12,14,22H,2-4,6-7,10,17H2,1H3,(H,18,19)/t12-,14?/m1/s1. The molecule has 138 valence electrons. The van der Waals surface area contributed by atoms with Crippen LogP contribution in [0.5, 0.6) is 0 Å². The van der Waals surface area contributed by atoms with Gasteiger partial charge < -0.3 is 10.8 Å². The second-order valence-electron chi connectivity index (χ2n) is 6.49. The monoisotopic (exact) mass is 351 g/mol. The first-order chi connectivity index (χ1) is 11.9. The highest BCUT2D eigenvalue weighted by molar-refractivity contribution is 5.82. The number of aliphatic hydroxyl groups is 1. The Balaban J connectivity index is 1.95. The molecule has 1 saturated carbocycles. The molecular weight excluding hydrogens is 326 g/mol. The fourth-order valence-electron chi connectivity index (χ4n) is 3.16. The lowest BCUT2D eigenvalue weighted by Gasteiger charge is -2.28. The van der Waals surface area contributed by atoms with Crippen LogP contribution in [0.4, 0.5) is 11.5 Å². The number of nitrogens with zero attached hydrogens (tertiary/aromatic N) is 3. The minimum atomic E-state index is -1.37. The normalized spacial score (nSPS) is 17.6. The molecule has 1 aromatic rings. The van der Waals surface area contributed by atoms with Crippen LogP contribution in [0, 0.1) is 16.0 Å². The molecular formula is C16H25N5O4. The summed E-state index contributed by atoms with van der Waals surface area (Å²) in [5.41, 5.74) is 8.29. The van der Waals surface area contributed by atoms with Crippen LogP contribution in [0.1, 0.15) is 38.5 Å². The lowest BCUT2D eigenvalue weighted by atomic mass is 9.84. The number of hydrogen-bond acceptors (Lipinski definition) is 7. The number of pyridine rings is 1. The number of hydrogen-bond donors (Lipinski definition) is 3. The van der Waals surface area contributed by atoms with Gasteiger partial charge in [-0.25, -0.2) is 4.98 Å². The van der Waals surface area contributed by atoms with E-state index in [4.69, 9.17) is 5.73 Å². The number of rotatable bonds is 7. The summed E-state index contributed by atoms with van der Waals surface area (Å²) >= 11 is 0. The number of likely N-dealkylation sites (N-methyl/N-ethyl adjacent to an activating group) is 1. The lowest BCUT2D eigenvalue weighted by molar-refractivity contribution is -0.384. The van der Waals surface area contributed by atoms with Crippen LogP contribution in [-0.2, 0) is 4.79 Å². The molecule has 1 amide bonds. The number of nitrogens with two attached hydrogens (primary N) is 1. The van der Waals surface area contributed by atoms with Gasteiger partial charge in [0, 0.05) is 25.4 Å². The topological polar surface area (TPSA) is 135 Å². The third-order valence-electron chi connectivity index (χ3n) is 4.58. The van der Waals surface area contributed by atoms with Crippen molar-refractivity contribution in [3.05, 3.63) is 28.4 Å². The molecule has 25 heavy (non-hydrogen) atoms. The Kier molecular flexibility index (Phi) is 6.65. The maximum atomic E-state index is 12.3. The van der Waals surface area contributed by atoms with Gasteiger partial charge in [-0.15, -0.1) is 0 Å². The van der Waals surface area contributed by atoms with Gasteiger partial charge in [0.25, 0.3) is 5.91 Å². The van der Waals surface area contributed by atoms with E-state index in [0.717, 1.165) is 30.7 Å². The highest BCUT2D eigenvalue weighted by Gasteiger charge is 2.29. The Labute approximate surface area is 146 Å². The molecule has 0 radical (unpaired) electrons. The maximum absolute atomic E-state index is 12.3. The van der Waals surface area contributed by atoms with Gasteiger partial charge in [-0.3, -0.25) is 25.3 Å². The van der Waals surface area contributed by atoms with Gasteiger partial charge >= 0.3 is 5.69 Å². The number of anilines is 1. The summed E-state index contributed by atoms with van der Waals surface area (Å²) in [6.07, 6.45) is 6.28. The number of carbonyl (C=O) groups is 1. The van der Waals surface area contributed by atoms with Crippen LogP contribution in [0.25, 0.3) is 0 Å². The van der Waals surface area contributed by atoms with Crippen molar-refractivity contribution in [2.45, 2.75) is 50.7 Å². The van der Waals surface area contributed by atoms with Gasteiger partial charge in [0.1, 0.15) is 6.10 Å². The van der Waals surface area contributed by atoms with E-state index in [1.54, 1.807) is 0 Å². The van der Waals surface area contributed by atoms with E-state index in [-0.39, 0.29) is 11.5 Å². The fourth-order valence-corrected chi connectivity index (χ4v) is 3.16. The summed E-state index contributed by atoms with van der Waals surface area (Å²) in [6.45, 7) is 0. The smallest absolute Gasteiger partial charge is 0.313 e. The Hall–Kier alpha value is -2.26. The number of carbonyl (C=O) groups excluding carboxylic acids is 1. The van der Waals surface area contributed by atoms with Crippen LogP contribution in [0.3, 0.4) is 0 Å². The van der Waals surface area contributed by atoms with Crippen molar-refractivity contribution in [3.63, 3.8) is 0 Å². The van der Waals surface area contributed by atoms with E-state index in [9.17, 15) is 20.0 Å². The molecule has 0 bridgehead atoms. The average Bonchev–Trinajstić information content (AvgIpc) is 2.61. The van der Waals surface area contributed by atoms with Crippen molar-refractivity contribution in [2.75, 3.05) is 12.5 Å². The number of amides is 1. The number of aliphatic hydroxyl groups excluding tert-OH is 1. The first kappa shape index (κ1) is 19.1. The Morgan fingerprint density at radius 1 is 1.52 bits per heavy atom. The third kappa shape index (κ3) is 5.10. The van der Waals surface area contributed by atoms with Crippen LogP contribution in [-0.4, -0.2) is 45.1 Å². The molecule has 1 fully saturated rings. The zero-order valence-corrected chi connectivity index (χ0v) is 14.3. The predicted molar refractivity (Wildman–Crippen MR) is 92.5 cm³/mol. The first-order valence-electron chi connectivity index (χ1n) is 8.47. The van der Waals surface area contributed by atoms with Gasteiger partial charge in [-0.1, -0.05) is 32.1 Å². The minimum Gasteiger partial charge on any atom is -0.382 e. The number of nitro groups is 1. The molecule has 0 spiro atoms. The number of nitrogens with one attached hydrogen (secondary N) is 1. The van der Waals surface area contributed by atoms with Gasteiger partial charge in [0.15, 0.2) is 0 Å². The largest absolute Gasteiger partial charge is 0.382 e. The highest BCUT2D eigenvalue weighted by Crippen LogP contribution is 2.27. The molecule has 0 aromatic carbocycles. The molecule has 4 N–H and O–H groups in total. The van der Waals surface area contributed by atoms with Gasteiger partial charge in [-0.05, 0) is 18.4 Å². The predicted octanol–water partition coefficient (Wildman–Crippen LogP) is 1.43. The number of hydrazine groups is 1. The molecule has 0 aliphatic heterocycles. The quantitative estimate of drug-likeness (QED) is 0.499. The van der Waals surface area contributed by atoms with Crippen LogP contribution >= 0.6 is 0 Å². The summed E-state index contributed by atoms with van der Waals surface area (Å²) in [7, 11) is 1.37. The molecule has 1 unspecified atom stereocenters. The molecule has 1 aromatic heterocycles. The zero-order valence-electron chi connectivity index (χ0n) is 14.3. The van der Waals surface area contributed by atoms with E-state index in [2.05, 4.69) is 10.4 Å². The van der Waals surface area contributed by atoms with Crippen LogP contribution < -0.4 is 11.2 Å².